The Morgan fingerprint density at radius 1 is 1.79 bits per heavy atom. The highest BCUT2D eigenvalue weighted by Gasteiger charge is 2.14. The number of hydrogen-bond donors (Lipinski definition) is 1. The van der Waals surface area contributed by atoms with Crippen LogP contribution in [0.5, 0.6) is 0 Å². The molecule has 5 heteroatoms. The van der Waals surface area contributed by atoms with Gasteiger partial charge >= 0.3 is 5.97 Å². The molecule has 1 aromatic rings. The van der Waals surface area contributed by atoms with Crippen LogP contribution in [0, 0.1) is 18.3 Å². The van der Waals surface area contributed by atoms with Crippen molar-refractivity contribution < 1.29 is 9.53 Å². The zero-order valence-electron chi connectivity index (χ0n) is 7.90. The molecule has 0 aliphatic rings. The molecule has 1 unspecified atom stereocenters. The Morgan fingerprint density at radius 2 is 2.43 bits per heavy atom. The van der Waals surface area contributed by atoms with Crippen molar-refractivity contribution in [2.75, 3.05) is 5.73 Å². The van der Waals surface area contributed by atoms with Crippen molar-refractivity contribution in [2.45, 2.75) is 20.0 Å². The minimum Gasteiger partial charge on any atom is -0.443 e. The van der Waals surface area contributed by atoms with Crippen molar-refractivity contribution in [1.82, 2.24) is 0 Å². The Labute approximate surface area is 85.9 Å². The quantitative estimate of drug-likeness (QED) is 0.754. The van der Waals surface area contributed by atoms with Gasteiger partial charge in [0.05, 0.1) is 0 Å². The molecule has 2 N–H and O–H groups in total. The van der Waals surface area contributed by atoms with E-state index in [1.165, 1.54) is 18.3 Å². The van der Waals surface area contributed by atoms with Crippen molar-refractivity contribution >= 4 is 23.0 Å². The number of rotatable bonds is 2. The first-order valence-electron chi connectivity index (χ1n) is 4.01. The predicted molar refractivity (Wildman–Crippen MR) is 54.0 cm³/mol. The van der Waals surface area contributed by atoms with E-state index in [0.717, 1.165) is 4.88 Å². The number of ether oxygens (including phenoxy) is 1. The van der Waals surface area contributed by atoms with Crippen molar-refractivity contribution in [3.05, 3.63) is 15.8 Å². The lowest BCUT2D eigenvalue weighted by Gasteiger charge is -2.02. The first kappa shape index (κ1) is 10.5. The lowest BCUT2D eigenvalue weighted by atomic mass is 10.4. The Morgan fingerprint density at radius 3 is 2.86 bits per heavy atom. The highest BCUT2D eigenvalue weighted by molar-refractivity contribution is 7.14. The van der Waals surface area contributed by atoms with Crippen LogP contribution in [0.3, 0.4) is 0 Å². The number of anilines is 1. The monoisotopic (exact) mass is 210 g/mol. The number of aryl methyl sites for hydroxylation is 1. The molecule has 0 saturated carbocycles. The third-order valence-corrected chi connectivity index (χ3v) is 2.67. The van der Waals surface area contributed by atoms with E-state index in [0.29, 0.717) is 10.6 Å². The van der Waals surface area contributed by atoms with Crippen LogP contribution in [-0.2, 0) is 4.74 Å². The minimum atomic E-state index is -0.730. The normalized spacial score (nSPS) is 11.8. The van der Waals surface area contributed by atoms with Crippen molar-refractivity contribution in [1.29, 1.82) is 5.26 Å². The van der Waals surface area contributed by atoms with Gasteiger partial charge in [-0.3, -0.25) is 0 Å². The number of esters is 1. The second-order valence-electron chi connectivity index (χ2n) is 2.80. The molecule has 1 atom stereocenters. The number of nitrogen functional groups attached to an aromatic ring is 1. The van der Waals surface area contributed by atoms with Gasteiger partial charge in [-0.2, -0.15) is 5.26 Å². The van der Waals surface area contributed by atoms with Gasteiger partial charge < -0.3 is 10.5 Å². The van der Waals surface area contributed by atoms with Crippen LogP contribution in [0.15, 0.2) is 6.07 Å². The van der Waals surface area contributed by atoms with Crippen LogP contribution in [0.2, 0.25) is 0 Å². The van der Waals surface area contributed by atoms with Crippen LogP contribution in [0.4, 0.5) is 5.69 Å². The third-order valence-electron chi connectivity index (χ3n) is 1.62. The molecule has 0 saturated heterocycles. The van der Waals surface area contributed by atoms with E-state index in [1.807, 2.05) is 13.0 Å². The summed E-state index contributed by atoms with van der Waals surface area (Å²) in [5.74, 6) is -0.496. The lowest BCUT2D eigenvalue weighted by molar-refractivity contribution is 0.0441. The Hall–Kier alpha value is -1.54. The summed E-state index contributed by atoms with van der Waals surface area (Å²) in [4.78, 5) is 12.7. The largest absolute Gasteiger partial charge is 0.443 e. The molecule has 0 radical (unpaired) electrons. The maximum atomic E-state index is 11.4. The smallest absolute Gasteiger partial charge is 0.349 e. The maximum Gasteiger partial charge on any atom is 0.349 e. The number of carbonyl (C=O) groups is 1. The fraction of sp³-hybridized carbons (Fsp3) is 0.333. The second kappa shape index (κ2) is 4.11. The minimum absolute atomic E-state index is 0.433. The van der Waals surface area contributed by atoms with Gasteiger partial charge in [0.2, 0.25) is 0 Å². The van der Waals surface area contributed by atoms with Gasteiger partial charge in [-0.15, -0.1) is 11.3 Å². The Bertz CT molecular complexity index is 373. The predicted octanol–water partition coefficient (Wildman–Crippen LogP) is 1.71. The number of hydrogen-bond acceptors (Lipinski definition) is 5. The van der Waals surface area contributed by atoms with Gasteiger partial charge in [0, 0.05) is 10.6 Å². The molecule has 0 fully saturated rings. The van der Waals surface area contributed by atoms with Crippen LogP contribution >= 0.6 is 11.3 Å². The first-order chi connectivity index (χ1) is 6.54. The molecule has 0 spiro atoms. The van der Waals surface area contributed by atoms with E-state index in [4.69, 9.17) is 15.7 Å². The lowest BCUT2D eigenvalue weighted by Crippen LogP contribution is -2.11. The van der Waals surface area contributed by atoms with Crippen LogP contribution < -0.4 is 5.73 Å². The topological polar surface area (TPSA) is 76.1 Å². The highest BCUT2D eigenvalue weighted by Crippen LogP contribution is 2.24. The van der Waals surface area contributed by atoms with Gasteiger partial charge in [-0.05, 0) is 19.9 Å². The maximum absolute atomic E-state index is 11.4. The number of nitriles is 1. The highest BCUT2D eigenvalue weighted by atomic mass is 32.1. The standard InChI is InChI=1S/C9H10N2O2S/c1-5(4-10)13-9(12)8-3-7(11)6(2)14-8/h3,5H,11H2,1-2H3. The van der Waals surface area contributed by atoms with Crippen LogP contribution in [0.1, 0.15) is 21.5 Å². The molecule has 0 amide bonds. The van der Waals surface area contributed by atoms with E-state index in [2.05, 4.69) is 0 Å². The molecule has 14 heavy (non-hydrogen) atoms. The summed E-state index contributed by atoms with van der Waals surface area (Å²) >= 11 is 1.27. The van der Waals surface area contributed by atoms with Gasteiger partial charge in [0.15, 0.2) is 6.10 Å². The summed E-state index contributed by atoms with van der Waals surface area (Å²) in [6.45, 7) is 3.34. The average Bonchev–Trinajstić information content (AvgIpc) is 2.47. The Kier molecular flexibility index (Phi) is 3.10. The zero-order valence-corrected chi connectivity index (χ0v) is 8.72. The van der Waals surface area contributed by atoms with E-state index in [9.17, 15) is 4.79 Å². The molecular weight excluding hydrogens is 200 g/mol. The number of carbonyl (C=O) groups excluding carboxylic acids is 1. The van der Waals surface area contributed by atoms with Gasteiger partial charge in [-0.1, -0.05) is 0 Å². The third kappa shape index (κ3) is 2.24. The van der Waals surface area contributed by atoms with Crippen molar-refractivity contribution in [3.8, 4) is 6.07 Å². The van der Waals surface area contributed by atoms with E-state index < -0.39 is 12.1 Å². The fourth-order valence-electron chi connectivity index (χ4n) is 0.842. The zero-order chi connectivity index (χ0) is 10.7. The molecule has 1 rings (SSSR count). The SMILES string of the molecule is Cc1sc(C(=O)OC(C)C#N)cc1N. The van der Waals surface area contributed by atoms with Crippen LogP contribution in [0.25, 0.3) is 0 Å². The van der Waals surface area contributed by atoms with Gasteiger partial charge in [-0.25, -0.2) is 4.79 Å². The van der Waals surface area contributed by atoms with E-state index in [1.54, 1.807) is 6.07 Å². The number of nitrogens with zero attached hydrogens (tertiary/aromatic N) is 1. The number of nitrogens with two attached hydrogens (primary N) is 1. The van der Waals surface area contributed by atoms with E-state index >= 15 is 0 Å². The summed E-state index contributed by atoms with van der Waals surface area (Å²) in [5, 5.41) is 8.44. The molecule has 0 aliphatic carbocycles. The van der Waals surface area contributed by atoms with Crippen molar-refractivity contribution in [2.24, 2.45) is 0 Å². The fourth-order valence-corrected chi connectivity index (χ4v) is 1.67. The van der Waals surface area contributed by atoms with E-state index in [-0.39, 0.29) is 0 Å². The summed E-state index contributed by atoms with van der Waals surface area (Å²) in [6, 6.07) is 3.38. The molecule has 0 bridgehead atoms. The van der Waals surface area contributed by atoms with Crippen LogP contribution in [-0.4, -0.2) is 12.1 Å². The summed E-state index contributed by atoms with van der Waals surface area (Å²) in [5.41, 5.74) is 6.15. The summed E-state index contributed by atoms with van der Waals surface area (Å²) in [6.07, 6.45) is -0.730. The molecule has 0 aliphatic heterocycles. The molecule has 0 aromatic carbocycles. The number of thiophene rings is 1. The molecule has 1 aromatic heterocycles. The molecular formula is C9H10N2O2S. The first-order valence-corrected chi connectivity index (χ1v) is 4.82. The average molecular weight is 210 g/mol. The Balaban J connectivity index is 2.76. The summed E-state index contributed by atoms with van der Waals surface area (Å²) < 4.78 is 4.81. The molecule has 4 nitrogen and oxygen atoms in total. The molecule has 74 valence electrons. The van der Waals surface area contributed by atoms with Crippen molar-refractivity contribution in [3.63, 3.8) is 0 Å². The summed E-state index contributed by atoms with van der Waals surface area (Å²) in [7, 11) is 0. The van der Waals surface area contributed by atoms with Gasteiger partial charge in [0.1, 0.15) is 10.9 Å². The van der Waals surface area contributed by atoms with Gasteiger partial charge in [0.25, 0.3) is 0 Å². The second-order valence-corrected chi connectivity index (χ2v) is 4.06. The molecule has 1 heterocycles.